The molecule has 1 aromatic heterocycles. The predicted molar refractivity (Wildman–Crippen MR) is 116 cm³/mol. The van der Waals surface area contributed by atoms with E-state index in [-0.39, 0.29) is 30.9 Å². The Balaban J connectivity index is 1.28. The van der Waals surface area contributed by atoms with Gasteiger partial charge in [0.15, 0.2) is 0 Å². The maximum absolute atomic E-state index is 14.1. The smallest absolute Gasteiger partial charge is 0.325 e. The molecule has 0 spiro atoms. The van der Waals surface area contributed by atoms with Gasteiger partial charge in [0.1, 0.15) is 18.4 Å². The van der Waals surface area contributed by atoms with Crippen LogP contribution in [0.4, 0.5) is 9.18 Å². The van der Waals surface area contributed by atoms with Gasteiger partial charge in [-0.25, -0.2) is 9.18 Å². The predicted octanol–water partition coefficient (Wildman–Crippen LogP) is 2.96. The minimum absolute atomic E-state index is 0.0184. The summed E-state index contributed by atoms with van der Waals surface area (Å²) in [6, 6.07) is 12.8. The SMILES string of the molecule is O=C1N[C@@H](Cc2c[nH]c3ccccc23)C(=O)N1CC(=O)N(Cc1ccccc1F)C1CC1. The number of H-pyrrole nitrogens is 1. The number of aromatic nitrogens is 1. The minimum Gasteiger partial charge on any atom is -0.361 e. The fourth-order valence-corrected chi connectivity index (χ4v) is 4.23. The fraction of sp³-hybridized carbons (Fsp3) is 0.292. The number of amides is 4. The molecule has 0 radical (unpaired) electrons. The largest absolute Gasteiger partial charge is 0.361 e. The lowest BCUT2D eigenvalue weighted by Crippen LogP contribution is -2.44. The number of halogens is 1. The summed E-state index contributed by atoms with van der Waals surface area (Å²) in [6.07, 6.45) is 3.84. The molecule has 0 unspecified atom stereocenters. The van der Waals surface area contributed by atoms with Crippen LogP contribution in [0.25, 0.3) is 10.9 Å². The summed E-state index contributed by atoms with van der Waals surface area (Å²) in [6.45, 7) is -0.224. The second kappa shape index (κ2) is 8.11. The first-order valence-corrected chi connectivity index (χ1v) is 10.7. The van der Waals surface area contributed by atoms with Gasteiger partial charge in [-0.1, -0.05) is 36.4 Å². The van der Waals surface area contributed by atoms with Crippen LogP contribution in [0, 0.1) is 5.82 Å². The highest BCUT2D eigenvalue weighted by Crippen LogP contribution is 2.29. The lowest BCUT2D eigenvalue weighted by Gasteiger charge is -2.24. The van der Waals surface area contributed by atoms with Crippen molar-refractivity contribution in [3.8, 4) is 0 Å². The molecular weight excluding hydrogens is 411 g/mol. The zero-order valence-corrected chi connectivity index (χ0v) is 17.4. The molecule has 0 bridgehead atoms. The summed E-state index contributed by atoms with van der Waals surface area (Å²) < 4.78 is 14.1. The number of aromatic amines is 1. The Labute approximate surface area is 184 Å². The third-order valence-electron chi connectivity index (χ3n) is 6.11. The number of hydrogen-bond acceptors (Lipinski definition) is 3. The van der Waals surface area contributed by atoms with Crippen molar-refractivity contribution in [1.29, 1.82) is 0 Å². The zero-order valence-electron chi connectivity index (χ0n) is 17.4. The van der Waals surface area contributed by atoms with Crippen molar-refractivity contribution in [3.05, 3.63) is 71.7 Å². The van der Waals surface area contributed by atoms with E-state index >= 15 is 0 Å². The Bertz CT molecular complexity index is 1200. The number of imide groups is 1. The molecule has 7 nitrogen and oxygen atoms in total. The van der Waals surface area contributed by atoms with Gasteiger partial charge in [-0.05, 0) is 30.5 Å². The Morgan fingerprint density at radius 2 is 1.81 bits per heavy atom. The Kier molecular flexibility index (Phi) is 5.13. The van der Waals surface area contributed by atoms with Crippen LogP contribution in [0.2, 0.25) is 0 Å². The number of para-hydroxylation sites is 1. The summed E-state index contributed by atoms with van der Waals surface area (Å²) in [7, 11) is 0. The summed E-state index contributed by atoms with van der Waals surface area (Å²) in [5, 5.41) is 3.69. The topological polar surface area (TPSA) is 85.5 Å². The number of rotatable bonds is 7. The molecule has 4 amide bonds. The van der Waals surface area contributed by atoms with E-state index in [1.165, 1.54) is 6.07 Å². The molecule has 2 heterocycles. The third kappa shape index (κ3) is 3.84. The molecule has 3 aromatic rings. The number of carbonyl (C=O) groups excluding carboxylic acids is 3. The van der Waals surface area contributed by atoms with Gasteiger partial charge in [0, 0.05) is 41.7 Å². The summed E-state index contributed by atoms with van der Waals surface area (Å²) in [5.74, 6) is -1.15. The Morgan fingerprint density at radius 1 is 1.06 bits per heavy atom. The van der Waals surface area contributed by atoms with Crippen molar-refractivity contribution in [2.24, 2.45) is 0 Å². The molecule has 1 saturated carbocycles. The van der Waals surface area contributed by atoms with E-state index < -0.39 is 18.0 Å². The van der Waals surface area contributed by atoms with Gasteiger partial charge in [0.05, 0.1) is 0 Å². The average Bonchev–Trinajstić information content (AvgIpc) is 3.50. The van der Waals surface area contributed by atoms with E-state index in [2.05, 4.69) is 10.3 Å². The quantitative estimate of drug-likeness (QED) is 0.561. The van der Waals surface area contributed by atoms with Crippen molar-refractivity contribution in [2.75, 3.05) is 6.54 Å². The van der Waals surface area contributed by atoms with E-state index in [0.29, 0.717) is 12.0 Å². The molecule has 8 heteroatoms. The van der Waals surface area contributed by atoms with Crippen LogP contribution >= 0.6 is 0 Å². The normalized spacial score (nSPS) is 18.3. The molecule has 5 rings (SSSR count). The third-order valence-corrected chi connectivity index (χ3v) is 6.11. The molecule has 1 atom stereocenters. The summed E-state index contributed by atoms with van der Waals surface area (Å²) in [5.41, 5.74) is 2.30. The van der Waals surface area contributed by atoms with Crippen molar-refractivity contribution < 1.29 is 18.8 Å². The highest BCUT2D eigenvalue weighted by Gasteiger charge is 2.41. The van der Waals surface area contributed by atoms with E-state index in [4.69, 9.17) is 0 Å². The van der Waals surface area contributed by atoms with Gasteiger partial charge in [0.2, 0.25) is 5.91 Å². The number of fused-ring (bicyclic) bond motifs is 1. The maximum atomic E-state index is 14.1. The minimum atomic E-state index is -0.726. The van der Waals surface area contributed by atoms with E-state index in [9.17, 15) is 18.8 Å². The molecule has 2 N–H and O–H groups in total. The maximum Gasteiger partial charge on any atom is 0.325 e. The Hall–Kier alpha value is -3.68. The standard InChI is InChI=1S/C24H23FN4O3/c25-19-7-3-1-5-15(19)13-28(17-9-10-17)22(30)14-29-23(31)21(27-24(29)32)11-16-12-26-20-8-4-2-6-18(16)20/h1-8,12,17,21,26H,9-11,13-14H2,(H,27,32)/t21-/m0/s1. The van der Waals surface area contributed by atoms with Gasteiger partial charge >= 0.3 is 6.03 Å². The first-order valence-electron chi connectivity index (χ1n) is 10.7. The van der Waals surface area contributed by atoms with E-state index in [1.54, 1.807) is 23.1 Å². The molecule has 1 saturated heterocycles. The molecule has 2 aromatic carbocycles. The number of urea groups is 1. The summed E-state index contributed by atoms with van der Waals surface area (Å²) in [4.78, 5) is 44.2. The molecule has 32 heavy (non-hydrogen) atoms. The van der Waals surface area contributed by atoms with Gasteiger partial charge < -0.3 is 15.2 Å². The van der Waals surface area contributed by atoms with Crippen LogP contribution in [0.1, 0.15) is 24.0 Å². The summed E-state index contributed by atoms with van der Waals surface area (Å²) >= 11 is 0. The number of nitrogens with one attached hydrogen (secondary N) is 2. The van der Waals surface area contributed by atoms with Gasteiger partial charge in [-0.15, -0.1) is 0 Å². The zero-order chi connectivity index (χ0) is 22.2. The second-order valence-electron chi connectivity index (χ2n) is 8.33. The number of benzene rings is 2. The van der Waals surface area contributed by atoms with Gasteiger partial charge in [-0.2, -0.15) is 0 Å². The lowest BCUT2D eigenvalue weighted by molar-refractivity contribution is -0.138. The number of carbonyl (C=O) groups is 3. The average molecular weight is 434 g/mol. The van der Waals surface area contributed by atoms with Crippen LogP contribution in [-0.4, -0.2) is 51.3 Å². The second-order valence-corrected chi connectivity index (χ2v) is 8.33. The first kappa shape index (κ1) is 20.2. The van der Waals surface area contributed by atoms with Crippen LogP contribution in [0.15, 0.2) is 54.7 Å². The van der Waals surface area contributed by atoms with Crippen molar-refractivity contribution in [1.82, 2.24) is 20.1 Å². The molecule has 1 aliphatic heterocycles. The van der Waals surface area contributed by atoms with Crippen LogP contribution in [-0.2, 0) is 22.6 Å². The van der Waals surface area contributed by atoms with Gasteiger partial charge in [0.25, 0.3) is 5.91 Å². The molecular formula is C24H23FN4O3. The molecule has 2 fully saturated rings. The molecule has 164 valence electrons. The van der Waals surface area contributed by atoms with Crippen LogP contribution < -0.4 is 5.32 Å². The number of hydrogen-bond donors (Lipinski definition) is 2. The highest BCUT2D eigenvalue weighted by atomic mass is 19.1. The van der Waals surface area contributed by atoms with Crippen LogP contribution in [0.5, 0.6) is 0 Å². The van der Waals surface area contributed by atoms with E-state index in [1.807, 2.05) is 30.5 Å². The van der Waals surface area contributed by atoms with Crippen molar-refractivity contribution in [3.63, 3.8) is 0 Å². The highest BCUT2D eigenvalue weighted by molar-refractivity contribution is 6.06. The Morgan fingerprint density at radius 3 is 2.59 bits per heavy atom. The van der Waals surface area contributed by atoms with Crippen molar-refractivity contribution in [2.45, 2.75) is 37.9 Å². The number of nitrogens with zero attached hydrogens (tertiary/aromatic N) is 2. The van der Waals surface area contributed by atoms with E-state index in [0.717, 1.165) is 34.2 Å². The fourth-order valence-electron chi connectivity index (χ4n) is 4.23. The first-order chi connectivity index (χ1) is 15.5. The van der Waals surface area contributed by atoms with Crippen molar-refractivity contribution >= 4 is 28.7 Å². The molecule has 2 aliphatic rings. The van der Waals surface area contributed by atoms with Crippen LogP contribution in [0.3, 0.4) is 0 Å². The molecule has 1 aliphatic carbocycles. The van der Waals surface area contributed by atoms with Gasteiger partial charge in [-0.3, -0.25) is 14.5 Å². The lowest BCUT2D eigenvalue weighted by atomic mass is 10.1. The monoisotopic (exact) mass is 434 g/mol.